The molecule has 0 atom stereocenters. The van der Waals surface area contributed by atoms with E-state index in [-0.39, 0.29) is 5.41 Å². The largest absolute Gasteiger partial charge is 0.399 e. The minimum absolute atomic E-state index is 0.0112. The summed E-state index contributed by atoms with van der Waals surface area (Å²) in [4.78, 5) is 0. The molecule has 0 fully saturated rings. The molecule has 0 spiro atoms. The smallest absolute Gasteiger partial charge is 0.0314 e. The predicted molar refractivity (Wildman–Crippen MR) is 88.7 cm³/mol. The van der Waals surface area contributed by atoms with E-state index in [1.807, 2.05) is 12.1 Å². The summed E-state index contributed by atoms with van der Waals surface area (Å²) in [7, 11) is 0. The third-order valence-corrected chi connectivity index (χ3v) is 3.74. The molecule has 0 unspecified atom stereocenters. The topological polar surface area (TPSA) is 26.0 Å². The zero-order valence-electron chi connectivity index (χ0n) is 12.8. The fourth-order valence-electron chi connectivity index (χ4n) is 2.44. The lowest BCUT2D eigenvalue weighted by Gasteiger charge is -2.22. The first-order valence-electron chi connectivity index (χ1n) is 7.01. The Morgan fingerprint density at radius 3 is 2.05 bits per heavy atom. The second-order valence-corrected chi connectivity index (χ2v) is 6.04. The molecular weight excluding hydrogens is 242 g/mol. The van der Waals surface area contributed by atoms with Crippen LogP contribution in [0, 0.1) is 6.92 Å². The SMILES string of the molecule is CC(=CC(C)(C)c1ccc(N)cc1)c1ccc(C)cc1. The molecule has 1 nitrogen and oxygen atoms in total. The van der Waals surface area contributed by atoms with Gasteiger partial charge in [0.05, 0.1) is 0 Å². The minimum atomic E-state index is -0.0112. The number of hydrogen-bond donors (Lipinski definition) is 1. The van der Waals surface area contributed by atoms with E-state index in [1.54, 1.807) is 0 Å². The van der Waals surface area contributed by atoms with Crippen molar-refractivity contribution in [3.63, 3.8) is 0 Å². The number of aryl methyl sites for hydroxylation is 1. The molecule has 2 aromatic rings. The summed E-state index contributed by atoms with van der Waals surface area (Å²) in [5.74, 6) is 0. The Morgan fingerprint density at radius 2 is 1.50 bits per heavy atom. The van der Waals surface area contributed by atoms with E-state index in [2.05, 4.69) is 70.2 Å². The monoisotopic (exact) mass is 265 g/mol. The maximum atomic E-state index is 5.76. The third kappa shape index (κ3) is 3.30. The van der Waals surface area contributed by atoms with Gasteiger partial charge >= 0.3 is 0 Å². The highest BCUT2D eigenvalue weighted by atomic mass is 14.5. The molecule has 0 aromatic heterocycles. The van der Waals surface area contributed by atoms with Crippen LogP contribution in [0.15, 0.2) is 54.6 Å². The van der Waals surface area contributed by atoms with Crippen molar-refractivity contribution in [2.75, 3.05) is 5.73 Å². The quantitative estimate of drug-likeness (QED) is 0.780. The van der Waals surface area contributed by atoms with Crippen molar-refractivity contribution in [3.8, 4) is 0 Å². The Bertz CT molecular complexity index is 601. The van der Waals surface area contributed by atoms with Crippen molar-refractivity contribution in [2.24, 2.45) is 0 Å². The standard InChI is InChI=1S/C19H23N/c1-14-5-7-16(8-6-14)15(2)13-19(3,4)17-9-11-18(20)12-10-17/h5-13H,20H2,1-4H3. The van der Waals surface area contributed by atoms with Crippen LogP contribution in [0.3, 0.4) is 0 Å². The van der Waals surface area contributed by atoms with Gasteiger partial charge < -0.3 is 5.73 Å². The molecule has 0 saturated carbocycles. The molecule has 20 heavy (non-hydrogen) atoms. The van der Waals surface area contributed by atoms with Crippen molar-refractivity contribution in [1.29, 1.82) is 0 Å². The summed E-state index contributed by atoms with van der Waals surface area (Å²) in [5.41, 5.74) is 11.7. The van der Waals surface area contributed by atoms with E-state index in [0.717, 1.165) is 5.69 Å². The van der Waals surface area contributed by atoms with Crippen molar-refractivity contribution in [3.05, 3.63) is 71.3 Å². The summed E-state index contributed by atoms with van der Waals surface area (Å²) in [6.07, 6.45) is 2.32. The van der Waals surface area contributed by atoms with Crippen LogP contribution in [-0.2, 0) is 5.41 Å². The molecular formula is C19H23N. The van der Waals surface area contributed by atoms with Crippen molar-refractivity contribution < 1.29 is 0 Å². The van der Waals surface area contributed by atoms with Gasteiger partial charge in [-0.1, -0.05) is 61.9 Å². The first kappa shape index (κ1) is 14.4. The molecule has 0 aliphatic rings. The van der Waals surface area contributed by atoms with Gasteiger partial charge in [-0.05, 0) is 42.7 Å². The zero-order valence-corrected chi connectivity index (χ0v) is 12.8. The molecule has 2 N–H and O–H groups in total. The molecule has 0 bridgehead atoms. The van der Waals surface area contributed by atoms with Crippen LogP contribution < -0.4 is 5.73 Å². The number of hydrogen-bond acceptors (Lipinski definition) is 1. The maximum Gasteiger partial charge on any atom is 0.0314 e. The third-order valence-electron chi connectivity index (χ3n) is 3.74. The maximum absolute atomic E-state index is 5.76. The fraction of sp³-hybridized carbons (Fsp3) is 0.263. The molecule has 2 aromatic carbocycles. The van der Waals surface area contributed by atoms with E-state index in [9.17, 15) is 0 Å². The number of nitrogen functional groups attached to an aromatic ring is 1. The fourth-order valence-corrected chi connectivity index (χ4v) is 2.44. The molecule has 0 radical (unpaired) electrons. The highest BCUT2D eigenvalue weighted by Gasteiger charge is 2.17. The van der Waals surface area contributed by atoms with Gasteiger partial charge in [-0.2, -0.15) is 0 Å². The van der Waals surface area contributed by atoms with Gasteiger partial charge in [0.25, 0.3) is 0 Å². The Hall–Kier alpha value is -2.02. The van der Waals surface area contributed by atoms with Crippen LogP contribution in [0.5, 0.6) is 0 Å². The number of anilines is 1. The highest BCUT2D eigenvalue weighted by molar-refractivity contribution is 5.65. The normalized spacial score (nSPS) is 12.5. The van der Waals surface area contributed by atoms with Crippen molar-refractivity contribution in [1.82, 2.24) is 0 Å². The van der Waals surface area contributed by atoms with Gasteiger partial charge in [-0.15, -0.1) is 0 Å². The van der Waals surface area contributed by atoms with E-state index in [4.69, 9.17) is 5.73 Å². The van der Waals surface area contributed by atoms with Crippen LogP contribution in [-0.4, -0.2) is 0 Å². The van der Waals surface area contributed by atoms with Crippen molar-refractivity contribution in [2.45, 2.75) is 33.1 Å². The van der Waals surface area contributed by atoms with E-state index in [1.165, 1.54) is 22.3 Å². The minimum Gasteiger partial charge on any atom is -0.399 e. The van der Waals surface area contributed by atoms with Gasteiger partial charge in [0.1, 0.15) is 0 Å². The summed E-state index contributed by atoms with van der Waals surface area (Å²) in [5, 5.41) is 0. The first-order chi connectivity index (χ1) is 9.38. The molecule has 1 heteroatoms. The lowest BCUT2D eigenvalue weighted by atomic mass is 9.82. The lowest BCUT2D eigenvalue weighted by molar-refractivity contribution is 0.671. The number of rotatable bonds is 3. The molecule has 104 valence electrons. The second kappa shape index (κ2) is 5.54. The molecule has 0 saturated heterocycles. The lowest BCUT2D eigenvalue weighted by Crippen LogP contribution is -2.14. The van der Waals surface area contributed by atoms with Crippen LogP contribution in [0.25, 0.3) is 5.57 Å². The number of nitrogens with two attached hydrogens (primary N) is 1. The molecule has 0 amide bonds. The van der Waals surface area contributed by atoms with E-state index >= 15 is 0 Å². The van der Waals surface area contributed by atoms with E-state index in [0.29, 0.717) is 0 Å². The molecule has 0 aliphatic heterocycles. The molecule has 0 aliphatic carbocycles. The Kier molecular flexibility index (Phi) is 3.99. The van der Waals surface area contributed by atoms with Gasteiger partial charge in [0.2, 0.25) is 0 Å². The number of allylic oxidation sites excluding steroid dienone is 2. The van der Waals surface area contributed by atoms with E-state index < -0.39 is 0 Å². The first-order valence-corrected chi connectivity index (χ1v) is 7.01. The van der Waals surface area contributed by atoms with Crippen LogP contribution in [0.4, 0.5) is 5.69 Å². The zero-order chi connectivity index (χ0) is 14.8. The van der Waals surface area contributed by atoms with Gasteiger partial charge in [-0.3, -0.25) is 0 Å². The van der Waals surface area contributed by atoms with Gasteiger partial charge in [0, 0.05) is 11.1 Å². The average molecular weight is 265 g/mol. The summed E-state index contributed by atoms with van der Waals surface area (Å²) in [6.45, 7) is 8.75. The summed E-state index contributed by atoms with van der Waals surface area (Å²) >= 11 is 0. The summed E-state index contributed by atoms with van der Waals surface area (Å²) < 4.78 is 0. The average Bonchev–Trinajstić information content (AvgIpc) is 2.39. The predicted octanol–water partition coefficient (Wildman–Crippen LogP) is 4.96. The Labute approximate surface area is 122 Å². The van der Waals surface area contributed by atoms with Crippen LogP contribution in [0.2, 0.25) is 0 Å². The van der Waals surface area contributed by atoms with Crippen molar-refractivity contribution >= 4 is 11.3 Å². The second-order valence-electron chi connectivity index (χ2n) is 6.04. The Morgan fingerprint density at radius 1 is 0.950 bits per heavy atom. The summed E-state index contributed by atoms with van der Waals surface area (Å²) in [6, 6.07) is 16.8. The number of benzene rings is 2. The van der Waals surface area contributed by atoms with Gasteiger partial charge in [0.15, 0.2) is 0 Å². The van der Waals surface area contributed by atoms with Crippen LogP contribution in [0.1, 0.15) is 37.5 Å². The van der Waals surface area contributed by atoms with Crippen LogP contribution >= 0.6 is 0 Å². The Balaban J connectivity index is 2.31. The highest BCUT2D eigenvalue weighted by Crippen LogP contribution is 2.29. The van der Waals surface area contributed by atoms with Gasteiger partial charge in [-0.25, -0.2) is 0 Å². The molecule has 0 heterocycles. The molecule has 2 rings (SSSR count).